The van der Waals surface area contributed by atoms with E-state index < -0.39 is 0 Å². The van der Waals surface area contributed by atoms with Crippen LogP contribution in [0.25, 0.3) is 0 Å². The van der Waals surface area contributed by atoms with Gasteiger partial charge >= 0.3 is 0 Å². The van der Waals surface area contributed by atoms with Crippen molar-refractivity contribution in [1.82, 2.24) is 4.90 Å². The molecule has 2 atom stereocenters. The Labute approximate surface area is 103 Å². The van der Waals surface area contributed by atoms with Gasteiger partial charge in [-0.1, -0.05) is 36.0 Å². The number of nitrogens with zero attached hydrogens (tertiary/aromatic N) is 2. The molecule has 0 aromatic rings. The van der Waals surface area contributed by atoms with Gasteiger partial charge in [-0.05, 0) is 13.5 Å². The Morgan fingerprint density at radius 3 is 2.94 bits per heavy atom. The lowest BCUT2D eigenvalue weighted by Crippen LogP contribution is -2.33. The lowest BCUT2D eigenvalue weighted by molar-refractivity contribution is 0.289. The Kier molecular flexibility index (Phi) is 3.61. The molecule has 0 unspecified atom stereocenters. The number of hydrogen-bond donors (Lipinski definition) is 0. The number of hydrogen-bond acceptors (Lipinski definition) is 2. The molecule has 88 valence electrons. The van der Waals surface area contributed by atoms with Crippen LogP contribution in [0.3, 0.4) is 0 Å². The molecule has 0 bridgehead atoms. The summed E-state index contributed by atoms with van der Waals surface area (Å²) in [6.07, 6.45) is 13.2. The maximum Gasteiger partial charge on any atom is 0.0908 e. The van der Waals surface area contributed by atoms with Crippen molar-refractivity contribution in [2.24, 2.45) is 11.8 Å². The molecule has 0 fully saturated rings. The number of rotatable bonds is 7. The first-order valence-electron chi connectivity index (χ1n) is 6.02. The van der Waals surface area contributed by atoms with Gasteiger partial charge < -0.3 is 0 Å². The van der Waals surface area contributed by atoms with Crippen molar-refractivity contribution in [1.29, 1.82) is 5.26 Å². The Balaban J connectivity index is 1.72. The van der Waals surface area contributed by atoms with Crippen LogP contribution < -0.4 is 0 Å². The molecular formula is C15H18N2. The molecule has 0 spiro atoms. The molecule has 0 N–H and O–H groups in total. The Bertz CT molecular complexity index is 417. The summed E-state index contributed by atoms with van der Waals surface area (Å²) in [5, 5.41) is 8.40. The number of allylic oxidation sites excluding steroid dienone is 3. The van der Waals surface area contributed by atoms with E-state index in [2.05, 4.69) is 36.8 Å². The van der Waals surface area contributed by atoms with E-state index in [4.69, 9.17) is 5.26 Å². The second kappa shape index (κ2) is 5.16. The normalized spacial score (nSPS) is 23.6. The Morgan fingerprint density at radius 1 is 1.59 bits per heavy atom. The van der Waals surface area contributed by atoms with Gasteiger partial charge in [0.25, 0.3) is 0 Å². The monoisotopic (exact) mass is 226 g/mol. The molecule has 0 heterocycles. The highest BCUT2D eigenvalue weighted by Crippen LogP contribution is 2.34. The minimum atomic E-state index is 0.437. The fraction of sp³-hybridized carbons (Fsp3) is 0.400. The van der Waals surface area contributed by atoms with Crippen molar-refractivity contribution < 1.29 is 0 Å². The van der Waals surface area contributed by atoms with Gasteiger partial charge in [0.05, 0.1) is 6.07 Å². The molecule has 17 heavy (non-hydrogen) atoms. The molecule has 2 nitrogen and oxygen atoms in total. The summed E-state index contributed by atoms with van der Waals surface area (Å²) in [5.74, 6) is 1.17. The number of nitriles is 1. The first-order chi connectivity index (χ1) is 8.26. The van der Waals surface area contributed by atoms with E-state index >= 15 is 0 Å². The molecule has 2 heteroatoms. The molecule has 0 saturated heterocycles. The van der Waals surface area contributed by atoms with Crippen molar-refractivity contribution in [2.45, 2.75) is 12.5 Å². The summed E-state index contributed by atoms with van der Waals surface area (Å²) in [5.41, 5.74) is 1.49. The Hall–Kier alpha value is -1.59. The first kappa shape index (κ1) is 11.9. The van der Waals surface area contributed by atoms with Gasteiger partial charge in [-0.3, -0.25) is 4.90 Å². The average molecular weight is 226 g/mol. The van der Waals surface area contributed by atoms with Crippen molar-refractivity contribution in [3.8, 4) is 6.07 Å². The van der Waals surface area contributed by atoms with Crippen LogP contribution in [0.2, 0.25) is 0 Å². The number of likely N-dealkylation sites (N-methyl/N-ethyl adjacent to an activating group) is 1. The summed E-state index contributed by atoms with van der Waals surface area (Å²) in [6, 6.07) is 2.46. The van der Waals surface area contributed by atoms with Crippen molar-refractivity contribution in [3.05, 3.63) is 48.6 Å². The molecular weight excluding hydrogens is 208 g/mol. The van der Waals surface area contributed by atoms with E-state index in [9.17, 15) is 0 Å². The van der Waals surface area contributed by atoms with E-state index in [1.54, 1.807) is 6.08 Å². The quantitative estimate of drug-likeness (QED) is 0.493. The predicted molar refractivity (Wildman–Crippen MR) is 70.2 cm³/mol. The summed E-state index contributed by atoms with van der Waals surface area (Å²) in [6.45, 7) is 4.92. The van der Waals surface area contributed by atoms with E-state index in [0.717, 1.165) is 13.0 Å². The van der Waals surface area contributed by atoms with Gasteiger partial charge in [-0.25, -0.2) is 0 Å². The van der Waals surface area contributed by atoms with Crippen LogP contribution in [0.4, 0.5) is 0 Å². The standard InChI is InChI=1S/C15H18N2/c1-3-15(12-7-8-12)17(2)11-14-10-13(14)6-4-5-9-16/h3-5,7-8,10,12-13,15H,1,6,11H2,2H3/b5-4+/t13-,15-/m0/s1. The lowest BCUT2D eigenvalue weighted by atomic mass is 10.1. The highest BCUT2D eigenvalue weighted by molar-refractivity contribution is 5.32. The van der Waals surface area contributed by atoms with Crippen LogP contribution >= 0.6 is 0 Å². The Morgan fingerprint density at radius 2 is 2.35 bits per heavy atom. The first-order valence-corrected chi connectivity index (χ1v) is 6.02. The SMILES string of the molecule is C=C[C@@H](C1C=C1)N(C)CC1=C[C@@H]1C/C=C/C#N. The lowest BCUT2D eigenvalue weighted by Gasteiger charge is -2.24. The minimum absolute atomic E-state index is 0.437. The van der Waals surface area contributed by atoms with E-state index in [1.165, 1.54) is 5.57 Å². The van der Waals surface area contributed by atoms with E-state index in [0.29, 0.717) is 17.9 Å². The fourth-order valence-electron chi connectivity index (χ4n) is 2.18. The molecule has 0 aromatic carbocycles. The second-order valence-corrected chi connectivity index (χ2v) is 4.72. The molecule has 0 saturated carbocycles. The van der Waals surface area contributed by atoms with Crippen LogP contribution in [0, 0.1) is 23.2 Å². The minimum Gasteiger partial charge on any atom is -0.295 e. The van der Waals surface area contributed by atoms with Crippen LogP contribution in [0.5, 0.6) is 0 Å². The van der Waals surface area contributed by atoms with Crippen molar-refractivity contribution in [3.63, 3.8) is 0 Å². The third kappa shape index (κ3) is 3.18. The predicted octanol–water partition coefficient (Wildman–Crippen LogP) is 2.68. The van der Waals surface area contributed by atoms with Gasteiger partial charge in [0.2, 0.25) is 0 Å². The molecule has 2 aliphatic carbocycles. The average Bonchev–Trinajstić information content (AvgIpc) is 3.18. The maximum absolute atomic E-state index is 8.40. The topological polar surface area (TPSA) is 27.0 Å². The zero-order valence-electron chi connectivity index (χ0n) is 10.2. The van der Waals surface area contributed by atoms with Gasteiger partial charge in [0, 0.05) is 30.5 Å². The van der Waals surface area contributed by atoms with Crippen molar-refractivity contribution in [2.75, 3.05) is 13.6 Å². The summed E-state index contributed by atoms with van der Waals surface area (Å²) >= 11 is 0. The highest BCUT2D eigenvalue weighted by atomic mass is 15.1. The molecule has 0 radical (unpaired) electrons. The fourth-order valence-corrected chi connectivity index (χ4v) is 2.18. The smallest absolute Gasteiger partial charge is 0.0908 e. The maximum atomic E-state index is 8.40. The third-order valence-electron chi connectivity index (χ3n) is 3.36. The highest BCUT2D eigenvalue weighted by Gasteiger charge is 2.29. The largest absolute Gasteiger partial charge is 0.295 e. The van der Waals surface area contributed by atoms with Crippen LogP contribution in [-0.4, -0.2) is 24.5 Å². The van der Waals surface area contributed by atoms with E-state index in [-0.39, 0.29) is 0 Å². The zero-order valence-corrected chi connectivity index (χ0v) is 10.2. The van der Waals surface area contributed by atoms with Crippen LogP contribution in [0.15, 0.2) is 48.6 Å². The van der Waals surface area contributed by atoms with E-state index in [1.807, 2.05) is 18.2 Å². The van der Waals surface area contributed by atoms with Crippen molar-refractivity contribution >= 4 is 0 Å². The molecule has 0 aliphatic heterocycles. The van der Waals surface area contributed by atoms with Crippen LogP contribution in [0.1, 0.15) is 6.42 Å². The molecule has 0 amide bonds. The summed E-state index contributed by atoms with van der Waals surface area (Å²) in [7, 11) is 2.15. The molecule has 2 rings (SSSR count). The van der Waals surface area contributed by atoms with Gasteiger partial charge in [-0.15, -0.1) is 6.58 Å². The zero-order chi connectivity index (χ0) is 12.3. The van der Waals surface area contributed by atoms with Gasteiger partial charge in [0.1, 0.15) is 0 Å². The van der Waals surface area contributed by atoms with Crippen LogP contribution in [-0.2, 0) is 0 Å². The van der Waals surface area contributed by atoms with Gasteiger partial charge in [-0.2, -0.15) is 5.26 Å². The second-order valence-electron chi connectivity index (χ2n) is 4.72. The molecule has 0 aromatic heterocycles. The third-order valence-corrected chi connectivity index (χ3v) is 3.36. The molecule has 2 aliphatic rings. The summed E-state index contributed by atoms with van der Waals surface area (Å²) < 4.78 is 0. The van der Waals surface area contributed by atoms with Gasteiger partial charge in [0.15, 0.2) is 0 Å². The summed E-state index contributed by atoms with van der Waals surface area (Å²) in [4.78, 5) is 2.34.